The zero-order valence-electron chi connectivity index (χ0n) is 7.01. The third-order valence-corrected chi connectivity index (χ3v) is 0.916. The van der Waals surface area contributed by atoms with E-state index in [1.807, 2.05) is 20.8 Å². The Morgan fingerprint density at radius 2 is 2.18 bits per heavy atom. The molecule has 1 N–H and O–H groups in total. The normalized spacial score (nSPS) is 10.5. The largest absolute Gasteiger partial charge is 0.459 e. The van der Waals surface area contributed by atoms with Crippen LogP contribution in [0.3, 0.4) is 0 Å². The van der Waals surface area contributed by atoms with Crippen molar-refractivity contribution in [1.82, 2.24) is 5.32 Å². The van der Waals surface area contributed by atoms with Crippen molar-refractivity contribution >= 4 is 23.7 Å². The Bertz CT molecular complexity index is 151. The number of nitrogens with one attached hydrogen (secondary N) is 1. The minimum Gasteiger partial charge on any atom is -0.459 e. The lowest BCUT2D eigenvalue weighted by Crippen LogP contribution is -2.30. The van der Waals surface area contributed by atoms with Gasteiger partial charge in [-0.05, 0) is 20.8 Å². The molecule has 64 valence electrons. The van der Waals surface area contributed by atoms with Crippen LogP contribution in [0.4, 0.5) is 0 Å². The van der Waals surface area contributed by atoms with E-state index in [1.54, 1.807) is 0 Å². The number of carbonyl (C=O) groups is 1. The zero-order valence-corrected chi connectivity index (χ0v) is 7.83. The first-order valence-electron chi connectivity index (χ1n) is 3.34. The lowest BCUT2D eigenvalue weighted by atomic mass is 10.2. The zero-order chi connectivity index (χ0) is 8.91. The number of carbonyl (C=O) groups excluding carboxylic acids is 1. The highest BCUT2D eigenvalue weighted by Gasteiger charge is 2.14. The summed E-state index contributed by atoms with van der Waals surface area (Å²) < 4.78 is 4.97. The molecule has 0 atom stereocenters. The minimum absolute atomic E-state index is 0.140. The quantitative estimate of drug-likeness (QED) is 0.510. The summed E-state index contributed by atoms with van der Waals surface area (Å²) in [6.45, 7) is 5.60. The fraction of sp³-hybridized carbons (Fsp3) is 0.714. The summed E-state index contributed by atoms with van der Waals surface area (Å²) in [5, 5.41) is 2.59. The molecule has 0 fully saturated rings. The van der Waals surface area contributed by atoms with Gasteiger partial charge in [0.1, 0.15) is 12.1 Å². The van der Waals surface area contributed by atoms with Crippen molar-refractivity contribution in [1.29, 1.82) is 0 Å². The molecule has 0 aromatic carbocycles. The Hall–Kier alpha value is -0.640. The van der Waals surface area contributed by atoms with E-state index in [0.717, 1.165) is 0 Å². The van der Waals surface area contributed by atoms with E-state index in [2.05, 4.69) is 17.5 Å². The molecule has 3 nitrogen and oxygen atoms in total. The van der Waals surface area contributed by atoms with Crippen molar-refractivity contribution in [2.24, 2.45) is 0 Å². The molecule has 0 spiro atoms. The van der Waals surface area contributed by atoms with Crippen LogP contribution in [-0.4, -0.2) is 23.6 Å². The lowest BCUT2D eigenvalue weighted by Gasteiger charge is -2.19. The molecule has 0 aromatic rings. The molecular formula is C7H13NO2S. The Kier molecular flexibility index (Phi) is 4.03. The number of esters is 1. The van der Waals surface area contributed by atoms with E-state index in [0.29, 0.717) is 0 Å². The maximum absolute atomic E-state index is 10.9. The minimum atomic E-state index is -0.416. The molecule has 0 rings (SSSR count). The van der Waals surface area contributed by atoms with E-state index in [1.165, 1.54) is 5.49 Å². The number of rotatable bonds is 3. The van der Waals surface area contributed by atoms with Gasteiger partial charge in [0.05, 0.1) is 5.49 Å². The molecule has 0 amide bonds. The van der Waals surface area contributed by atoms with Crippen LogP contribution in [0.25, 0.3) is 0 Å². The molecule has 0 aliphatic rings. The van der Waals surface area contributed by atoms with Crippen molar-refractivity contribution in [2.45, 2.75) is 26.4 Å². The van der Waals surface area contributed by atoms with Gasteiger partial charge in [0.25, 0.3) is 0 Å². The molecule has 0 aromatic heterocycles. The van der Waals surface area contributed by atoms with Gasteiger partial charge in [-0.2, -0.15) is 0 Å². The highest BCUT2D eigenvalue weighted by atomic mass is 32.1. The lowest BCUT2D eigenvalue weighted by molar-refractivity contribution is -0.153. The van der Waals surface area contributed by atoms with E-state index in [9.17, 15) is 4.79 Å². The Labute approximate surface area is 72.1 Å². The molecule has 0 aliphatic carbocycles. The van der Waals surface area contributed by atoms with E-state index in [4.69, 9.17) is 4.74 Å². The van der Waals surface area contributed by atoms with E-state index < -0.39 is 5.60 Å². The number of thiocarbonyl (C=S) groups is 1. The number of hydrogen-bond acceptors (Lipinski definition) is 3. The molecule has 0 saturated carbocycles. The standard InChI is InChI=1S/C7H13NO2S/c1-7(2,3)10-6(9)4-8-5-11/h5H,4H2,1-3H3,(H,8,11). The van der Waals surface area contributed by atoms with Crippen molar-refractivity contribution in [3.05, 3.63) is 0 Å². The fourth-order valence-electron chi connectivity index (χ4n) is 0.503. The van der Waals surface area contributed by atoms with Crippen molar-refractivity contribution in [2.75, 3.05) is 6.54 Å². The van der Waals surface area contributed by atoms with Crippen LogP contribution in [0.5, 0.6) is 0 Å². The maximum atomic E-state index is 10.9. The summed E-state index contributed by atoms with van der Waals surface area (Å²) in [5.74, 6) is -0.293. The summed E-state index contributed by atoms with van der Waals surface area (Å²) in [6, 6.07) is 0. The van der Waals surface area contributed by atoms with Crippen molar-refractivity contribution < 1.29 is 9.53 Å². The van der Waals surface area contributed by atoms with Gasteiger partial charge in [0, 0.05) is 0 Å². The van der Waals surface area contributed by atoms with Gasteiger partial charge in [-0.1, -0.05) is 12.2 Å². The van der Waals surface area contributed by atoms with Crippen LogP contribution in [0.2, 0.25) is 0 Å². The van der Waals surface area contributed by atoms with Gasteiger partial charge in [-0.3, -0.25) is 4.79 Å². The first-order chi connectivity index (χ1) is 4.95. The highest BCUT2D eigenvalue weighted by molar-refractivity contribution is 7.78. The predicted molar refractivity (Wildman–Crippen MR) is 47.5 cm³/mol. The fourth-order valence-corrected chi connectivity index (χ4v) is 0.586. The molecule has 0 saturated heterocycles. The third-order valence-electron chi connectivity index (χ3n) is 0.750. The molecule has 0 bridgehead atoms. The second kappa shape index (κ2) is 4.28. The van der Waals surface area contributed by atoms with Crippen LogP contribution in [0, 0.1) is 0 Å². The summed E-state index contributed by atoms with van der Waals surface area (Å²) in [6.07, 6.45) is 0. The first kappa shape index (κ1) is 10.4. The summed E-state index contributed by atoms with van der Waals surface area (Å²) in [5.41, 5.74) is 0.879. The van der Waals surface area contributed by atoms with Gasteiger partial charge >= 0.3 is 5.97 Å². The first-order valence-corrected chi connectivity index (χ1v) is 3.82. The van der Waals surface area contributed by atoms with E-state index >= 15 is 0 Å². The summed E-state index contributed by atoms with van der Waals surface area (Å²) >= 11 is 4.47. The Morgan fingerprint density at radius 3 is 2.55 bits per heavy atom. The van der Waals surface area contributed by atoms with Crippen LogP contribution in [0.1, 0.15) is 20.8 Å². The van der Waals surface area contributed by atoms with Gasteiger partial charge < -0.3 is 10.1 Å². The Balaban J connectivity index is 3.61. The average molecular weight is 175 g/mol. The van der Waals surface area contributed by atoms with Crippen LogP contribution in [0.15, 0.2) is 0 Å². The second-order valence-corrected chi connectivity index (χ2v) is 3.32. The van der Waals surface area contributed by atoms with Crippen LogP contribution >= 0.6 is 12.2 Å². The van der Waals surface area contributed by atoms with Gasteiger partial charge in [0.15, 0.2) is 0 Å². The predicted octanol–water partition coefficient (Wildman–Crippen LogP) is 0.875. The summed E-state index contributed by atoms with van der Waals surface area (Å²) in [7, 11) is 0. The SMILES string of the molecule is CC(C)(C)OC(=O)CNC=S. The van der Waals surface area contributed by atoms with Gasteiger partial charge in [0.2, 0.25) is 0 Å². The van der Waals surface area contributed by atoms with Crippen LogP contribution in [-0.2, 0) is 9.53 Å². The van der Waals surface area contributed by atoms with Crippen molar-refractivity contribution in [3.63, 3.8) is 0 Å². The molecule has 4 heteroatoms. The molecule has 0 aliphatic heterocycles. The van der Waals surface area contributed by atoms with Gasteiger partial charge in [-0.25, -0.2) is 0 Å². The Morgan fingerprint density at radius 1 is 1.64 bits per heavy atom. The third kappa shape index (κ3) is 7.25. The maximum Gasteiger partial charge on any atom is 0.325 e. The average Bonchev–Trinajstić information content (AvgIpc) is 1.79. The van der Waals surface area contributed by atoms with E-state index in [-0.39, 0.29) is 12.5 Å². The van der Waals surface area contributed by atoms with Crippen molar-refractivity contribution in [3.8, 4) is 0 Å². The smallest absolute Gasteiger partial charge is 0.325 e. The molecular weight excluding hydrogens is 162 g/mol. The number of ether oxygens (including phenoxy) is 1. The molecule has 0 heterocycles. The summed E-state index contributed by atoms with van der Waals surface area (Å²) in [4.78, 5) is 10.9. The van der Waals surface area contributed by atoms with Crippen LogP contribution < -0.4 is 5.32 Å². The molecule has 11 heavy (non-hydrogen) atoms. The topological polar surface area (TPSA) is 38.3 Å². The van der Waals surface area contributed by atoms with Gasteiger partial charge in [-0.15, -0.1) is 0 Å². The number of hydrogen-bond donors (Lipinski definition) is 1. The second-order valence-electron chi connectivity index (χ2n) is 3.09. The highest BCUT2D eigenvalue weighted by Crippen LogP contribution is 2.05. The molecule has 0 unspecified atom stereocenters. The monoisotopic (exact) mass is 175 g/mol. The molecule has 0 radical (unpaired) electrons.